The monoisotopic (exact) mass is 328 g/mol. The van der Waals surface area contributed by atoms with Gasteiger partial charge in [0.05, 0.1) is 12.2 Å². The first-order valence-corrected chi connectivity index (χ1v) is 10.8. The molecule has 0 spiro atoms. The number of rotatable bonds is 5. The standard InChI is InChI=1S/C17H20N2O3Si/c1-21-6-7-22-17-15(5-8-23(2,3)4)16-13(11-19-17)9-18-10-14(16)12-20/h9-12H,6-7H2,1-4H3. The Morgan fingerprint density at radius 3 is 2.65 bits per heavy atom. The number of carbonyl (C=O) groups is 1. The van der Waals surface area contributed by atoms with Crippen LogP contribution in [0.3, 0.4) is 0 Å². The average Bonchev–Trinajstić information content (AvgIpc) is 2.52. The number of hydrogen-bond acceptors (Lipinski definition) is 5. The molecule has 0 aliphatic rings. The van der Waals surface area contributed by atoms with E-state index in [9.17, 15) is 4.79 Å². The van der Waals surface area contributed by atoms with Crippen LogP contribution in [-0.4, -0.2) is 44.7 Å². The highest BCUT2D eigenvalue weighted by Crippen LogP contribution is 2.27. The molecule has 0 N–H and O–H groups in total. The molecule has 23 heavy (non-hydrogen) atoms. The predicted molar refractivity (Wildman–Crippen MR) is 92.5 cm³/mol. The summed E-state index contributed by atoms with van der Waals surface area (Å²) in [5.41, 5.74) is 4.45. The first kappa shape index (κ1) is 17.1. The fourth-order valence-corrected chi connectivity index (χ4v) is 2.47. The summed E-state index contributed by atoms with van der Waals surface area (Å²) in [5.74, 6) is 3.62. The molecule has 6 heteroatoms. The van der Waals surface area contributed by atoms with Gasteiger partial charge in [-0.3, -0.25) is 9.78 Å². The lowest BCUT2D eigenvalue weighted by Crippen LogP contribution is -2.16. The maximum atomic E-state index is 11.4. The zero-order valence-electron chi connectivity index (χ0n) is 13.8. The summed E-state index contributed by atoms with van der Waals surface area (Å²) >= 11 is 0. The summed E-state index contributed by atoms with van der Waals surface area (Å²) in [5, 5.41) is 1.51. The van der Waals surface area contributed by atoms with Crippen LogP contribution in [0.2, 0.25) is 19.6 Å². The average molecular weight is 328 g/mol. The van der Waals surface area contributed by atoms with E-state index < -0.39 is 8.07 Å². The van der Waals surface area contributed by atoms with Crippen molar-refractivity contribution in [2.45, 2.75) is 19.6 Å². The van der Waals surface area contributed by atoms with E-state index in [1.165, 1.54) is 6.20 Å². The van der Waals surface area contributed by atoms with Crippen molar-refractivity contribution in [3.63, 3.8) is 0 Å². The van der Waals surface area contributed by atoms with Gasteiger partial charge in [0.25, 0.3) is 0 Å². The van der Waals surface area contributed by atoms with Crippen molar-refractivity contribution >= 4 is 25.1 Å². The minimum Gasteiger partial charge on any atom is -0.474 e. The van der Waals surface area contributed by atoms with Gasteiger partial charge in [-0.1, -0.05) is 25.6 Å². The molecule has 0 unspecified atom stereocenters. The number of aromatic nitrogens is 2. The van der Waals surface area contributed by atoms with E-state index in [2.05, 4.69) is 41.1 Å². The molecular weight excluding hydrogens is 308 g/mol. The topological polar surface area (TPSA) is 61.3 Å². The van der Waals surface area contributed by atoms with Crippen LogP contribution in [-0.2, 0) is 4.74 Å². The summed E-state index contributed by atoms with van der Waals surface area (Å²) < 4.78 is 10.7. The van der Waals surface area contributed by atoms with E-state index in [1.54, 1.807) is 19.5 Å². The first-order valence-electron chi connectivity index (χ1n) is 7.33. The van der Waals surface area contributed by atoms with Crippen molar-refractivity contribution in [1.29, 1.82) is 0 Å². The van der Waals surface area contributed by atoms with Crippen molar-refractivity contribution in [3.05, 3.63) is 29.7 Å². The number of pyridine rings is 2. The van der Waals surface area contributed by atoms with Gasteiger partial charge in [-0.2, -0.15) is 0 Å². The highest BCUT2D eigenvalue weighted by Gasteiger charge is 2.14. The second-order valence-corrected chi connectivity index (χ2v) is 10.8. The SMILES string of the molecule is COCCOc1ncc2cncc(C=O)c2c1C#C[Si](C)(C)C. The highest BCUT2D eigenvalue weighted by atomic mass is 28.3. The molecule has 5 nitrogen and oxygen atoms in total. The normalized spacial score (nSPS) is 11.0. The van der Waals surface area contributed by atoms with Crippen LogP contribution in [0.25, 0.3) is 10.8 Å². The molecule has 120 valence electrons. The number of carbonyl (C=O) groups excluding carboxylic acids is 1. The number of nitrogens with zero attached hydrogens (tertiary/aromatic N) is 2. The first-order chi connectivity index (χ1) is 11.0. The Bertz CT molecular complexity index is 773. The number of ether oxygens (including phenoxy) is 2. The van der Waals surface area contributed by atoms with Gasteiger partial charge in [0.2, 0.25) is 5.88 Å². The summed E-state index contributed by atoms with van der Waals surface area (Å²) in [4.78, 5) is 19.8. The molecule has 0 aliphatic carbocycles. The van der Waals surface area contributed by atoms with Gasteiger partial charge < -0.3 is 9.47 Å². The van der Waals surface area contributed by atoms with Gasteiger partial charge in [0.1, 0.15) is 14.7 Å². The van der Waals surface area contributed by atoms with E-state index in [-0.39, 0.29) is 0 Å². The van der Waals surface area contributed by atoms with E-state index in [4.69, 9.17) is 9.47 Å². The Hall–Kier alpha value is -2.23. The maximum Gasteiger partial charge on any atom is 0.230 e. The third kappa shape index (κ3) is 4.37. The maximum absolute atomic E-state index is 11.4. The predicted octanol–water partition coefficient (Wildman–Crippen LogP) is 2.70. The third-order valence-corrected chi connectivity index (χ3v) is 3.88. The molecular formula is C17H20N2O3Si. The van der Waals surface area contributed by atoms with Gasteiger partial charge in [-0.15, -0.1) is 5.54 Å². The molecule has 0 aromatic carbocycles. The molecule has 0 saturated carbocycles. The van der Waals surface area contributed by atoms with E-state index in [0.717, 1.165) is 17.1 Å². The Morgan fingerprint density at radius 2 is 2.00 bits per heavy atom. The lowest BCUT2D eigenvalue weighted by Gasteiger charge is -2.11. The van der Waals surface area contributed by atoms with Crippen LogP contribution in [0.1, 0.15) is 15.9 Å². The van der Waals surface area contributed by atoms with Crippen molar-refractivity contribution in [3.8, 4) is 17.3 Å². The largest absolute Gasteiger partial charge is 0.474 e. The second-order valence-electron chi connectivity index (χ2n) is 6.09. The molecule has 2 aromatic heterocycles. The number of fused-ring (bicyclic) bond motifs is 1. The van der Waals surface area contributed by atoms with E-state index >= 15 is 0 Å². The van der Waals surface area contributed by atoms with Crippen LogP contribution in [0, 0.1) is 11.5 Å². The van der Waals surface area contributed by atoms with Gasteiger partial charge in [0.15, 0.2) is 6.29 Å². The lowest BCUT2D eigenvalue weighted by atomic mass is 10.1. The third-order valence-electron chi connectivity index (χ3n) is 3.01. The van der Waals surface area contributed by atoms with Crippen LogP contribution in [0.5, 0.6) is 5.88 Å². The Labute approximate surface area is 137 Å². The van der Waals surface area contributed by atoms with E-state index in [0.29, 0.717) is 30.2 Å². The molecule has 0 aliphatic heterocycles. The Morgan fingerprint density at radius 1 is 1.22 bits per heavy atom. The fraction of sp³-hybridized carbons (Fsp3) is 0.353. The van der Waals surface area contributed by atoms with Gasteiger partial charge in [0, 0.05) is 42.0 Å². The molecule has 0 bridgehead atoms. The molecule has 2 heterocycles. The van der Waals surface area contributed by atoms with Crippen molar-refractivity contribution in [2.75, 3.05) is 20.3 Å². The summed E-state index contributed by atoms with van der Waals surface area (Å²) in [6.45, 7) is 7.31. The van der Waals surface area contributed by atoms with Crippen molar-refractivity contribution < 1.29 is 14.3 Å². The molecule has 0 atom stereocenters. The highest BCUT2D eigenvalue weighted by molar-refractivity contribution is 6.83. The summed E-state index contributed by atoms with van der Waals surface area (Å²) in [6, 6.07) is 0. The molecule has 0 saturated heterocycles. The summed E-state index contributed by atoms with van der Waals surface area (Å²) in [7, 11) is 0.0213. The smallest absolute Gasteiger partial charge is 0.230 e. The van der Waals surface area contributed by atoms with Gasteiger partial charge in [-0.25, -0.2) is 4.98 Å². The molecule has 2 rings (SSSR count). The summed E-state index contributed by atoms with van der Waals surface area (Å²) in [6.07, 6.45) is 5.65. The van der Waals surface area contributed by atoms with Crippen LogP contribution in [0.15, 0.2) is 18.6 Å². The van der Waals surface area contributed by atoms with Crippen molar-refractivity contribution in [1.82, 2.24) is 9.97 Å². The zero-order chi connectivity index (χ0) is 16.9. The molecule has 0 fully saturated rings. The Balaban J connectivity index is 2.64. The van der Waals surface area contributed by atoms with Crippen LogP contribution >= 0.6 is 0 Å². The van der Waals surface area contributed by atoms with Crippen LogP contribution < -0.4 is 4.74 Å². The lowest BCUT2D eigenvalue weighted by molar-refractivity contribution is 0.112. The fourth-order valence-electron chi connectivity index (χ4n) is 1.97. The number of aldehydes is 1. The zero-order valence-corrected chi connectivity index (χ0v) is 14.8. The quantitative estimate of drug-likeness (QED) is 0.365. The minimum atomic E-state index is -1.59. The van der Waals surface area contributed by atoms with E-state index in [1.807, 2.05) is 0 Å². The molecule has 0 amide bonds. The number of methoxy groups -OCH3 is 1. The van der Waals surface area contributed by atoms with Crippen molar-refractivity contribution in [2.24, 2.45) is 0 Å². The molecule has 2 aromatic rings. The van der Waals surface area contributed by atoms with Gasteiger partial charge >= 0.3 is 0 Å². The number of hydrogen-bond donors (Lipinski definition) is 0. The molecule has 0 radical (unpaired) electrons. The van der Waals surface area contributed by atoms with Gasteiger partial charge in [-0.05, 0) is 0 Å². The van der Waals surface area contributed by atoms with Crippen LogP contribution in [0.4, 0.5) is 0 Å². The second kappa shape index (κ2) is 7.35. The minimum absolute atomic E-state index is 0.373. The Kier molecular flexibility index (Phi) is 5.48.